The lowest BCUT2D eigenvalue weighted by Gasteiger charge is -2.31. The van der Waals surface area contributed by atoms with Gasteiger partial charge in [0.1, 0.15) is 0 Å². The highest BCUT2D eigenvalue weighted by atomic mass is 16.5. The molecule has 7 nitrogen and oxygen atoms in total. The number of nitrogens with zero attached hydrogens (tertiary/aromatic N) is 4. The number of carbonyl (C=O) groups excluding carboxylic acids is 1. The maximum absolute atomic E-state index is 12.4. The average Bonchev–Trinajstić information content (AvgIpc) is 3.01. The molecule has 1 atom stereocenters. The van der Waals surface area contributed by atoms with Crippen LogP contribution in [0.4, 0.5) is 0 Å². The van der Waals surface area contributed by atoms with E-state index in [9.17, 15) is 4.79 Å². The van der Waals surface area contributed by atoms with Crippen molar-refractivity contribution in [3.8, 4) is 0 Å². The van der Waals surface area contributed by atoms with Crippen LogP contribution in [-0.4, -0.2) is 58.5 Å². The largest absolute Gasteiger partial charge is 0.383 e. The van der Waals surface area contributed by atoms with E-state index in [1.807, 2.05) is 10.6 Å². The SMILES string of the molecule is COCCN1CCC[C@H](C(=O)NCc2cnc3cnccn23)C1. The lowest BCUT2D eigenvalue weighted by atomic mass is 9.97. The van der Waals surface area contributed by atoms with Crippen molar-refractivity contribution in [3.05, 3.63) is 30.5 Å². The number of methoxy groups -OCH3 is 1. The van der Waals surface area contributed by atoms with E-state index in [1.54, 1.807) is 25.7 Å². The number of imidazole rings is 1. The molecule has 0 bridgehead atoms. The summed E-state index contributed by atoms with van der Waals surface area (Å²) in [6.07, 6.45) is 9.07. The molecule has 3 rings (SSSR count). The maximum Gasteiger partial charge on any atom is 0.224 e. The molecule has 1 aliphatic heterocycles. The number of hydrogen-bond acceptors (Lipinski definition) is 5. The fraction of sp³-hybridized carbons (Fsp3) is 0.562. The number of nitrogens with one attached hydrogen (secondary N) is 1. The summed E-state index contributed by atoms with van der Waals surface area (Å²) in [6, 6.07) is 0. The standard InChI is InChI=1S/C16H23N5O2/c1-23-8-7-20-5-2-3-13(12-20)16(22)19-10-14-9-18-15-11-17-4-6-21(14)15/h4,6,9,11,13H,2-3,5,7-8,10,12H2,1H3,(H,19,22)/t13-/m0/s1. The van der Waals surface area contributed by atoms with Crippen LogP contribution in [0, 0.1) is 5.92 Å². The Kier molecular flexibility index (Phi) is 5.19. The molecule has 0 saturated carbocycles. The molecule has 1 aliphatic rings. The van der Waals surface area contributed by atoms with Gasteiger partial charge in [-0.3, -0.25) is 14.2 Å². The van der Waals surface area contributed by atoms with Gasteiger partial charge in [-0.1, -0.05) is 0 Å². The molecule has 2 aromatic heterocycles. The lowest BCUT2D eigenvalue weighted by molar-refractivity contribution is -0.127. The third-order valence-corrected chi connectivity index (χ3v) is 4.33. The molecule has 0 unspecified atom stereocenters. The highest BCUT2D eigenvalue weighted by Crippen LogP contribution is 2.16. The van der Waals surface area contributed by atoms with E-state index in [1.165, 1.54) is 0 Å². The second-order valence-electron chi connectivity index (χ2n) is 5.90. The van der Waals surface area contributed by atoms with Crippen LogP contribution in [0.25, 0.3) is 5.65 Å². The zero-order valence-electron chi connectivity index (χ0n) is 13.4. The Morgan fingerprint density at radius 2 is 2.39 bits per heavy atom. The summed E-state index contributed by atoms with van der Waals surface area (Å²) in [5.74, 6) is 0.178. The Morgan fingerprint density at radius 3 is 3.26 bits per heavy atom. The molecule has 0 radical (unpaired) electrons. The molecule has 1 amide bonds. The fourth-order valence-electron chi connectivity index (χ4n) is 3.04. The number of rotatable bonds is 6. The van der Waals surface area contributed by atoms with E-state index in [2.05, 4.69) is 20.2 Å². The monoisotopic (exact) mass is 317 g/mol. The number of amides is 1. The summed E-state index contributed by atoms with van der Waals surface area (Å²) < 4.78 is 7.06. The van der Waals surface area contributed by atoms with Gasteiger partial charge in [0.05, 0.1) is 37.2 Å². The predicted molar refractivity (Wildman–Crippen MR) is 85.9 cm³/mol. The fourth-order valence-corrected chi connectivity index (χ4v) is 3.04. The highest BCUT2D eigenvalue weighted by Gasteiger charge is 2.25. The Balaban J connectivity index is 1.54. The summed E-state index contributed by atoms with van der Waals surface area (Å²) in [7, 11) is 1.71. The van der Waals surface area contributed by atoms with Crippen molar-refractivity contribution in [1.29, 1.82) is 0 Å². The molecule has 2 aromatic rings. The minimum Gasteiger partial charge on any atom is -0.383 e. The highest BCUT2D eigenvalue weighted by molar-refractivity contribution is 5.78. The zero-order valence-corrected chi connectivity index (χ0v) is 13.4. The number of carbonyl (C=O) groups is 1. The minimum atomic E-state index is 0.0569. The number of likely N-dealkylation sites (tertiary alicyclic amines) is 1. The second kappa shape index (κ2) is 7.52. The lowest BCUT2D eigenvalue weighted by Crippen LogP contribution is -2.43. The number of ether oxygens (including phenoxy) is 1. The van der Waals surface area contributed by atoms with E-state index in [4.69, 9.17) is 4.74 Å². The van der Waals surface area contributed by atoms with E-state index in [0.717, 1.165) is 43.8 Å². The number of hydrogen-bond donors (Lipinski definition) is 1. The Labute approximate surface area is 135 Å². The van der Waals surface area contributed by atoms with Crippen LogP contribution in [0.15, 0.2) is 24.8 Å². The zero-order chi connectivity index (χ0) is 16.1. The van der Waals surface area contributed by atoms with Gasteiger partial charge in [-0.15, -0.1) is 0 Å². The third-order valence-electron chi connectivity index (χ3n) is 4.33. The molecule has 3 heterocycles. The topological polar surface area (TPSA) is 71.8 Å². The molecular formula is C16H23N5O2. The van der Waals surface area contributed by atoms with Crippen molar-refractivity contribution in [3.63, 3.8) is 0 Å². The van der Waals surface area contributed by atoms with Crippen LogP contribution in [0.2, 0.25) is 0 Å². The third kappa shape index (κ3) is 3.86. The van der Waals surface area contributed by atoms with E-state index >= 15 is 0 Å². The summed E-state index contributed by atoms with van der Waals surface area (Å²) in [5.41, 5.74) is 1.75. The average molecular weight is 317 g/mol. The summed E-state index contributed by atoms with van der Waals surface area (Å²) in [5, 5.41) is 3.05. The molecule has 7 heteroatoms. The van der Waals surface area contributed by atoms with Crippen molar-refractivity contribution in [2.75, 3.05) is 33.4 Å². The van der Waals surface area contributed by atoms with Gasteiger partial charge < -0.3 is 15.0 Å². The van der Waals surface area contributed by atoms with Crippen molar-refractivity contribution >= 4 is 11.6 Å². The van der Waals surface area contributed by atoms with Crippen LogP contribution in [0.3, 0.4) is 0 Å². The van der Waals surface area contributed by atoms with Gasteiger partial charge in [-0.2, -0.15) is 0 Å². The van der Waals surface area contributed by atoms with E-state index < -0.39 is 0 Å². The van der Waals surface area contributed by atoms with Gasteiger partial charge in [0, 0.05) is 32.6 Å². The molecule has 23 heavy (non-hydrogen) atoms. The van der Waals surface area contributed by atoms with Gasteiger partial charge in [0.15, 0.2) is 5.65 Å². The molecule has 1 fully saturated rings. The molecule has 124 valence electrons. The molecule has 1 N–H and O–H groups in total. The summed E-state index contributed by atoms with van der Waals surface area (Å²) in [6.45, 7) is 3.95. The van der Waals surface area contributed by atoms with E-state index in [0.29, 0.717) is 13.2 Å². The van der Waals surface area contributed by atoms with Gasteiger partial charge in [-0.05, 0) is 19.4 Å². The first-order valence-electron chi connectivity index (χ1n) is 8.03. The Hall–Kier alpha value is -1.99. The Bertz CT molecular complexity index is 657. The minimum absolute atomic E-state index is 0.0569. The van der Waals surface area contributed by atoms with Gasteiger partial charge in [0.25, 0.3) is 0 Å². The van der Waals surface area contributed by atoms with Crippen LogP contribution in [0.5, 0.6) is 0 Å². The number of piperidine rings is 1. The number of fused-ring (bicyclic) bond motifs is 1. The molecule has 0 aliphatic carbocycles. The van der Waals surface area contributed by atoms with Crippen LogP contribution in [0.1, 0.15) is 18.5 Å². The molecular weight excluding hydrogens is 294 g/mol. The van der Waals surface area contributed by atoms with Crippen molar-refractivity contribution in [2.24, 2.45) is 5.92 Å². The first-order valence-corrected chi connectivity index (χ1v) is 8.03. The summed E-state index contributed by atoms with van der Waals surface area (Å²) in [4.78, 5) is 23.1. The van der Waals surface area contributed by atoms with Gasteiger partial charge in [0.2, 0.25) is 5.91 Å². The molecule has 0 spiro atoms. The first kappa shape index (κ1) is 15.9. The first-order chi connectivity index (χ1) is 11.3. The van der Waals surface area contributed by atoms with Crippen LogP contribution >= 0.6 is 0 Å². The predicted octanol–water partition coefficient (Wildman–Crippen LogP) is 0.704. The quantitative estimate of drug-likeness (QED) is 0.849. The smallest absolute Gasteiger partial charge is 0.224 e. The van der Waals surface area contributed by atoms with Gasteiger partial charge >= 0.3 is 0 Å². The second-order valence-corrected chi connectivity index (χ2v) is 5.90. The summed E-state index contributed by atoms with van der Waals surface area (Å²) >= 11 is 0. The Morgan fingerprint density at radius 1 is 1.48 bits per heavy atom. The van der Waals surface area contributed by atoms with E-state index in [-0.39, 0.29) is 11.8 Å². The molecule has 0 aromatic carbocycles. The van der Waals surface area contributed by atoms with Crippen molar-refractivity contribution < 1.29 is 9.53 Å². The maximum atomic E-state index is 12.4. The van der Waals surface area contributed by atoms with Gasteiger partial charge in [-0.25, -0.2) is 4.98 Å². The number of aromatic nitrogens is 3. The van der Waals surface area contributed by atoms with Crippen molar-refractivity contribution in [1.82, 2.24) is 24.6 Å². The van der Waals surface area contributed by atoms with Crippen LogP contribution < -0.4 is 5.32 Å². The van der Waals surface area contributed by atoms with Crippen molar-refractivity contribution in [2.45, 2.75) is 19.4 Å². The normalized spacial score (nSPS) is 19.1. The van der Waals surface area contributed by atoms with Crippen LogP contribution in [-0.2, 0) is 16.1 Å². The molecule has 1 saturated heterocycles.